The van der Waals surface area contributed by atoms with Crippen molar-refractivity contribution in [2.24, 2.45) is 5.92 Å². The normalized spacial score (nSPS) is 27.1. The number of anilines is 1. The van der Waals surface area contributed by atoms with E-state index in [1.807, 2.05) is 31.2 Å². The number of carbonyl (C=O) groups excluding carboxylic acids is 1. The van der Waals surface area contributed by atoms with Gasteiger partial charge < -0.3 is 10.6 Å². The van der Waals surface area contributed by atoms with Crippen molar-refractivity contribution in [3.05, 3.63) is 29.8 Å². The van der Waals surface area contributed by atoms with Gasteiger partial charge >= 0.3 is 6.03 Å². The molecule has 0 saturated carbocycles. The highest BCUT2D eigenvalue weighted by molar-refractivity contribution is 5.89. The van der Waals surface area contributed by atoms with Crippen LogP contribution < -0.4 is 10.6 Å². The Kier molecular flexibility index (Phi) is 5.44. The Bertz CT molecular complexity index is 541. The summed E-state index contributed by atoms with van der Waals surface area (Å²) in [5.74, 6) is 0.711. The van der Waals surface area contributed by atoms with Crippen LogP contribution in [0.3, 0.4) is 0 Å². The Hall–Kier alpha value is -1.55. The molecule has 2 fully saturated rings. The minimum Gasteiger partial charge on any atom is -0.335 e. The van der Waals surface area contributed by atoms with E-state index in [-0.39, 0.29) is 6.03 Å². The summed E-state index contributed by atoms with van der Waals surface area (Å²) < 4.78 is 0. The first kappa shape index (κ1) is 17.3. The van der Waals surface area contributed by atoms with Crippen molar-refractivity contribution in [2.45, 2.75) is 71.0 Å². The van der Waals surface area contributed by atoms with Gasteiger partial charge in [-0.05, 0) is 50.7 Å². The molecule has 2 bridgehead atoms. The van der Waals surface area contributed by atoms with Crippen LogP contribution >= 0.6 is 0 Å². The summed E-state index contributed by atoms with van der Waals surface area (Å²) in [6.45, 7) is 7.84. The fraction of sp³-hybridized carbons (Fsp3) is 0.650. The van der Waals surface area contributed by atoms with E-state index in [1.165, 1.54) is 31.4 Å². The van der Waals surface area contributed by atoms with Crippen LogP contribution in [0.15, 0.2) is 24.3 Å². The first-order valence-electron chi connectivity index (χ1n) is 9.41. The lowest BCUT2D eigenvalue weighted by atomic mass is 9.81. The molecule has 2 N–H and O–H groups in total. The molecule has 0 spiro atoms. The SMILES string of the molecule is Cc1ccc(NC(=O)NC2C[C@H]3CCC[C@H](C2)N3CC(C)C)cc1. The molecule has 2 amide bonds. The van der Waals surface area contributed by atoms with Crippen LogP contribution in [0.2, 0.25) is 0 Å². The van der Waals surface area contributed by atoms with Crippen LogP contribution in [0.25, 0.3) is 0 Å². The molecule has 0 aliphatic carbocycles. The summed E-state index contributed by atoms with van der Waals surface area (Å²) in [7, 11) is 0. The lowest BCUT2D eigenvalue weighted by molar-refractivity contribution is 0.0180. The molecule has 2 aliphatic rings. The molecule has 4 nitrogen and oxygen atoms in total. The first-order chi connectivity index (χ1) is 11.5. The number of hydrogen-bond donors (Lipinski definition) is 2. The molecule has 0 unspecified atom stereocenters. The van der Waals surface area contributed by atoms with E-state index >= 15 is 0 Å². The zero-order chi connectivity index (χ0) is 17.1. The predicted molar refractivity (Wildman–Crippen MR) is 99.3 cm³/mol. The summed E-state index contributed by atoms with van der Waals surface area (Å²) >= 11 is 0. The minimum absolute atomic E-state index is 0.0702. The number of piperidine rings is 2. The molecule has 4 heteroatoms. The van der Waals surface area contributed by atoms with Crippen molar-refractivity contribution in [2.75, 3.05) is 11.9 Å². The highest BCUT2D eigenvalue weighted by Gasteiger charge is 2.38. The number of carbonyl (C=O) groups is 1. The van der Waals surface area contributed by atoms with Gasteiger partial charge in [0.25, 0.3) is 0 Å². The van der Waals surface area contributed by atoms with E-state index in [0.717, 1.165) is 18.5 Å². The van der Waals surface area contributed by atoms with Gasteiger partial charge in [-0.2, -0.15) is 0 Å². The number of benzene rings is 1. The number of hydrogen-bond acceptors (Lipinski definition) is 2. The Morgan fingerprint density at radius 3 is 2.38 bits per heavy atom. The van der Waals surface area contributed by atoms with Crippen LogP contribution in [0.4, 0.5) is 10.5 Å². The second-order valence-electron chi connectivity index (χ2n) is 7.96. The minimum atomic E-state index is -0.0702. The summed E-state index contributed by atoms with van der Waals surface area (Å²) in [6.07, 6.45) is 6.07. The lowest BCUT2D eigenvalue weighted by Crippen LogP contribution is -2.58. The Morgan fingerprint density at radius 2 is 1.79 bits per heavy atom. The maximum atomic E-state index is 12.3. The van der Waals surface area contributed by atoms with Crippen LogP contribution in [-0.2, 0) is 0 Å². The quantitative estimate of drug-likeness (QED) is 0.871. The maximum absolute atomic E-state index is 12.3. The molecular weight excluding hydrogens is 298 g/mol. The third-order valence-corrected chi connectivity index (χ3v) is 5.35. The molecule has 3 rings (SSSR count). The van der Waals surface area contributed by atoms with Crippen molar-refractivity contribution in [3.63, 3.8) is 0 Å². The average molecular weight is 329 g/mol. The molecule has 2 atom stereocenters. The summed E-state index contributed by atoms with van der Waals surface area (Å²) in [6, 6.07) is 9.46. The topological polar surface area (TPSA) is 44.4 Å². The maximum Gasteiger partial charge on any atom is 0.319 e. The standard InChI is InChI=1S/C20H31N3O/c1-14(2)13-23-18-5-4-6-19(23)12-17(11-18)22-20(24)21-16-9-7-15(3)8-10-16/h7-10,14,17-19H,4-6,11-13H2,1-3H3,(H2,21,22,24)/t18-,19-/m1/s1. The van der Waals surface area contributed by atoms with Crippen molar-refractivity contribution >= 4 is 11.7 Å². The van der Waals surface area contributed by atoms with Crippen molar-refractivity contribution in [1.29, 1.82) is 0 Å². The van der Waals surface area contributed by atoms with E-state index in [0.29, 0.717) is 24.0 Å². The molecule has 2 heterocycles. The number of rotatable bonds is 4. The lowest BCUT2D eigenvalue weighted by Gasteiger charge is -2.49. The molecule has 24 heavy (non-hydrogen) atoms. The summed E-state index contributed by atoms with van der Waals surface area (Å²) in [4.78, 5) is 15.0. The third kappa shape index (κ3) is 4.29. The smallest absolute Gasteiger partial charge is 0.319 e. The largest absolute Gasteiger partial charge is 0.335 e. The van der Waals surface area contributed by atoms with E-state index < -0.39 is 0 Å². The highest BCUT2D eigenvalue weighted by atomic mass is 16.2. The van der Waals surface area contributed by atoms with Gasteiger partial charge in [0.05, 0.1) is 0 Å². The van der Waals surface area contributed by atoms with Gasteiger partial charge in [0.2, 0.25) is 0 Å². The monoisotopic (exact) mass is 329 g/mol. The van der Waals surface area contributed by atoms with Gasteiger partial charge in [0, 0.05) is 30.4 Å². The number of fused-ring (bicyclic) bond motifs is 2. The first-order valence-corrected chi connectivity index (χ1v) is 9.41. The van der Waals surface area contributed by atoms with E-state index in [2.05, 4.69) is 29.4 Å². The Labute approximate surface area is 146 Å². The number of aryl methyl sites for hydroxylation is 1. The van der Waals surface area contributed by atoms with Crippen LogP contribution in [0.5, 0.6) is 0 Å². The van der Waals surface area contributed by atoms with Gasteiger partial charge in [0.1, 0.15) is 0 Å². The van der Waals surface area contributed by atoms with Crippen molar-refractivity contribution in [1.82, 2.24) is 10.2 Å². The van der Waals surface area contributed by atoms with E-state index in [1.54, 1.807) is 0 Å². The zero-order valence-electron chi connectivity index (χ0n) is 15.2. The number of nitrogens with zero attached hydrogens (tertiary/aromatic N) is 1. The van der Waals surface area contributed by atoms with Crippen LogP contribution in [0, 0.1) is 12.8 Å². The second kappa shape index (κ2) is 7.56. The van der Waals surface area contributed by atoms with E-state index in [4.69, 9.17) is 0 Å². The number of amides is 2. The molecule has 1 aromatic carbocycles. The van der Waals surface area contributed by atoms with Gasteiger partial charge in [-0.1, -0.05) is 38.0 Å². The average Bonchev–Trinajstić information content (AvgIpc) is 2.50. The molecule has 0 aromatic heterocycles. The molecule has 2 aliphatic heterocycles. The molecule has 2 saturated heterocycles. The van der Waals surface area contributed by atoms with Crippen molar-refractivity contribution in [3.8, 4) is 0 Å². The van der Waals surface area contributed by atoms with Gasteiger partial charge in [-0.25, -0.2) is 4.79 Å². The zero-order valence-corrected chi connectivity index (χ0v) is 15.2. The number of nitrogens with one attached hydrogen (secondary N) is 2. The predicted octanol–water partition coefficient (Wildman–Crippen LogP) is 4.16. The van der Waals surface area contributed by atoms with Crippen LogP contribution in [-0.4, -0.2) is 35.6 Å². The summed E-state index contributed by atoms with van der Waals surface area (Å²) in [5, 5.41) is 6.17. The Balaban J connectivity index is 1.55. The van der Waals surface area contributed by atoms with Gasteiger partial charge in [0.15, 0.2) is 0 Å². The molecular formula is C20H31N3O. The van der Waals surface area contributed by atoms with Crippen molar-refractivity contribution < 1.29 is 4.79 Å². The number of urea groups is 1. The van der Waals surface area contributed by atoms with Crippen LogP contribution in [0.1, 0.15) is 51.5 Å². The molecule has 0 radical (unpaired) electrons. The fourth-order valence-corrected chi connectivity index (χ4v) is 4.31. The fourth-order valence-electron chi connectivity index (χ4n) is 4.31. The molecule has 132 valence electrons. The van der Waals surface area contributed by atoms with Gasteiger partial charge in [-0.3, -0.25) is 4.90 Å². The molecule has 1 aromatic rings. The third-order valence-electron chi connectivity index (χ3n) is 5.35. The van der Waals surface area contributed by atoms with Gasteiger partial charge in [-0.15, -0.1) is 0 Å². The second-order valence-corrected chi connectivity index (χ2v) is 7.96. The summed E-state index contributed by atoms with van der Waals surface area (Å²) in [5.41, 5.74) is 2.06. The Morgan fingerprint density at radius 1 is 1.17 bits per heavy atom. The highest BCUT2D eigenvalue weighted by Crippen LogP contribution is 2.34. The van der Waals surface area contributed by atoms with E-state index in [9.17, 15) is 4.79 Å².